The Balaban J connectivity index is 1.91. The highest BCUT2D eigenvalue weighted by Crippen LogP contribution is 2.33. The van der Waals surface area contributed by atoms with Gasteiger partial charge in [-0.1, -0.05) is 0 Å². The molecule has 0 amide bonds. The van der Waals surface area contributed by atoms with E-state index >= 15 is 0 Å². The van der Waals surface area contributed by atoms with E-state index in [1.165, 1.54) is 12.4 Å². The average molecular weight is 255 g/mol. The van der Waals surface area contributed by atoms with E-state index < -0.39 is 5.92 Å². The van der Waals surface area contributed by atoms with Gasteiger partial charge >= 0.3 is 0 Å². The minimum absolute atomic E-state index is 0.130. The van der Waals surface area contributed by atoms with Gasteiger partial charge in [0.1, 0.15) is 5.69 Å². The largest absolute Gasteiger partial charge is 0.317 e. The molecule has 0 aromatic carbocycles. The number of hydrogen-bond acceptors (Lipinski definition) is 3. The maximum atomic E-state index is 13.9. The molecule has 1 fully saturated rings. The van der Waals surface area contributed by atoms with Crippen LogP contribution in [-0.4, -0.2) is 23.1 Å². The second kappa shape index (κ2) is 5.69. The number of aromatic nitrogens is 2. The first-order chi connectivity index (χ1) is 8.58. The lowest BCUT2D eigenvalue weighted by Gasteiger charge is -2.24. The minimum Gasteiger partial charge on any atom is -0.317 e. The number of alkyl halides is 2. The van der Waals surface area contributed by atoms with E-state index in [2.05, 4.69) is 15.3 Å². The zero-order valence-electron chi connectivity index (χ0n) is 10.6. The van der Waals surface area contributed by atoms with Crippen molar-refractivity contribution in [1.29, 1.82) is 0 Å². The van der Waals surface area contributed by atoms with Crippen LogP contribution < -0.4 is 5.32 Å². The van der Waals surface area contributed by atoms with Gasteiger partial charge in [0.25, 0.3) is 5.92 Å². The molecular formula is C13H19F2N3. The van der Waals surface area contributed by atoms with Crippen LogP contribution in [0.2, 0.25) is 0 Å². The quantitative estimate of drug-likeness (QED) is 0.898. The predicted octanol–water partition coefficient (Wildman–Crippen LogP) is 2.66. The van der Waals surface area contributed by atoms with Gasteiger partial charge < -0.3 is 5.32 Å². The van der Waals surface area contributed by atoms with Crippen molar-refractivity contribution in [2.24, 2.45) is 5.92 Å². The molecule has 0 spiro atoms. The molecule has 1 saturated heterocycles. The van der Waals surface area contributed by atoms with E-state index in [1.807, 2.05) is 0 Å². The summed E-state index contributed by atoms with van der Waals surface area (Å²) in [6, 6.07) is 0. The Morgan fingerprint density at radius 3 is 2.61 bits per heavy atom. The summed E-state index contributed by atoms with van der Waals surface area (Å²) in [7, 11) is 0. The van der Waals surface area contributed by atoms with Crippen LogP contribution in [0.15, 0.2) is 12.4 Å². The van der Waals surface area contributed by atoms with Crippen molar-refractivity contribution in [2.45, 2.75) is 38.5 Å². The Morgan fingerprint density at radius 2 is 2.00 bits per heavy atom. The molecule has 1 aromatic heterocycles. The van der Waals surface area contributed by atoms with Crippen LogP contribution in [0.25, 0.3) is 0 Å². The number of rotatable bonds is 4. The Morgan fingerprint density at radius 1 is 1.28 bits per heavy atom. The predicted molar refractivity (Wildman–Crippen MR) is 65.5 cm³/mol. The molecule has 1 aliphatic rings. The minimum atomic E-state index is -2.86. The van der Waals surface area contributed by atoms with Crippen LogP contribution in [0.3, 0.4) is 0 Å². The fraction of sp³-hybridized carbons (Fsp3) is 0.692. The third kappa shape index (κ3) is 3.45. The van der Waals surface area contributed by atoms with E-state index in [4.69, 9.17) is 0 Å². The third-order valence-electron chi connectivity index (χ3n) is 3.48. The summed E-state index contributed by atoms with van der Waals surface area (Å²) in [6.45, 7) is 3.63. The normalized spacial score (nSPS) is 17.9. The Labute approximate surface area is 106 Å². The summed E-state index contributed by atoms with van der Waals surface area (Å²) in [6.07, 6.45) is 5.01. The summed E-state index contributed by atoms with van der Waals surface area (Å²) >= 11 is 0. The molecule has 0 atom stereocenters. The highest BCUT2D eigenvalue weighted by atomic mass is 19.3. The van der Waals surface area contributed by atoms with Crippen molar-refractivity contribution in [3.05, 3.63) is 23.8 Å². The van der Waals surface area contributed by atoms with Crippen molar-refractivity contribution < 1.29 is 8.78 Å². The molecule has 2 heterocycles. The molecule has 0 radical (unpaired) electrons. The van der Waals surface area contributed by atoms with Gasteiger partial charge in [-0.25, -0.2) is 0 Å². The summed E-state index contributed by atoms with van der Waals surface area (Å²) in [5.74, 6) is -2.44. The second-order valence-corrected chi connectivity index (χ2v) is 4.98. The summed E-state index contributed by atoms with van der Waals surface area (Å²) in [5.41, 5.74) is 0.454. The smallest absolute Gasteiger partial charge is 0.291 e. The van der Waals surface area contributed by atoms with E-state index in [1.54, 1.807) is 6.92 Å². The van der Waals surface area contributed by atoms with Crippen molar-refractivity contribution in [2.75, 3.05) is 13.1 Å². The number of hydrogen-bond donors (Lipinski definition) is 1. The van der Waals surface area contributed by atoms with Gasteiger partial charge in [0.05, 0.1) is 11.9 Å². The lowest BCUT2D eigenvalue weighted by Crippen LogP contribution is -2.28. The highest BCUT2D eigenvalue weighted by Gasteiger charge is 2.34. The highest BCUT2D eigenvalue weighted by molar-refractivity contribution is 5.06. The van der Waals surface area contributed by atoms with Crippen molar-refractivity contribution in [3.8, 4) is 0 Å². The van der Waals surface area contributed by atoms with Crippen LogP contribution >= 0.6 is 0 Å². The summed E-state index contributed by atoms with van der Waals surface area (Å²) in [4.78, 5) is 7.68. The Bertz CT molecular complexity index is 372. The molecule has 18 heavy (non-hydrogen) atoms. The van der Waals surface area contributed by atoms with Crippen molar-refractivity contribution in [1.82, 2.24) is 15.3 Å². The first-order valence-electron chi connectivity index (χ1n) is 6.45. The topological polar surface area (TPSA) is 37.8 Å². The molecule has 0 saturated carbocycles. The average Bonchev–Trinajstić information content (AvgIpc) is 2.38. The van der Waals surface area contributed by atoms with Gasteiger partial charge in [0, 0.05) is 12.6 Å². The number of nitrogens with zero attached hydrogens (tertiary/aromatic N) is 2. The van der Waals surface area contributed by atoms with Crippen LogP contribution in [0.1, 0.15) is 37.1 Å². The number of aryl methyl sites for hydroxylation is 1. The molecule has 0 bridgehead atoms. The molecule has 1 N–H and O–H groups in total. The van der Waals surface area contributed by atoms with Gasteiger partial charge in [0.15, 0.2) is 0 Å². The lowest BCUT2D eigenvalue weighted by molar-refractivity contribution is -0.0248. The van der Waals surface area contributed by atoms with Crippen molar-refractivity contribution in [3.63, 3.8) is 0 Å². The molecule has 0 unspecified atom stereocenters. The molecule has 3 nitrogen and oxygen atoms in total. The fourth-order valence-corrected chi connectivity index (χ4v) is 2.27. The van der Waals surface area contributed by atoms with E-state index in [0.717, 1.165) is 25.9 Å². The van der Waals surface area contributed by atoms with Gasteiger partial charge in [-0.05, 0) is 45.2 Å². The Hall–Kier alpha value is -1.10. The van der Waals surface area contributed by atoms with E-state index in [9.17, 15) is 8.78 Å². The van der Waals surface area contributed by atoms with Crippen LogP contribution in [0, 0.1) is 12.8 Å². The monoisotopic (exact) mass is 255 g/mol. The molecule has 0 aliphatic carbocycles. The molecule has 2 rings (SSSR count). The summed E-state index contributed by atoms with van der Waals surface area (Å²) < 4.78 is 27.8. The van der Waals surface area contributed by atoms with Gasteiger partial charge in [0.2, 0.25) is 0 Å². The van der Waals surface area contributed by atoms with Crippen LogP contribution in [0.5, 0.6) is 0 Å². The second-order valence-electron chi connectivity index (χ2n) is 4.98. The standard InChI is InChI=1S/C13H19F2N3/c1-10-8-18-12(9-17-10)13(14,15)5-2-11-3-6-16-7-4-11/h8-9,11,16H,2-7H2,1H3. The third-order valence-corrected chi connectivity index (χ3v) is 3.48. The van der Waals surface area contributed by atoms with Crippen LogP contribution in [-0.2, 0) is 5.92 Å². The molecule has 1 aromatic rings. The number of nitrogens with one attached hydrogen (secondary N) is 1. The molecular weight excluding hydrogens is 236 g/mol. The first-order valence-corrected chi connectivity index (χ1v) is 6.45. The maximum Gasteiger partial charge on any atom is 0.291 e. The zero-order chi connectivity index (χ0) is 13.0. The van der Waals surface area contributed by atoms with E-state index in [0.29, 0.717) is 18.0 Å². The zero-order valence-corrected chi connectivity index (χ0v) is 10.6. The molecule has 1 aliphatic heterocycles. The fourth-order valence-electron chi connectivity index (χ4n) is 2.27. The van der Waals surface area contributed by atoms with Crippen LogP contribution in [0.4, 0.5) is 8.78 Å². The van der Waals surface area contributed by atoms with Gasteiger partial charge in [-0.15, -0.1) is 0 Å². The first kappa shape index (κ1) is 13.3. The van der Waals surface area contributed by atoms with Gasteiger partial charge in [-0.2, -0.15) is 8.78 Å². The maximum absolute atomic E-state index is 13.9. The molecule has 100 valence electrons. The van der Waals surface area contributed by atoms with Gasteiger partial charge in [-0.3, -0.25) is 9.97 Å². The van der Waals surface area contributed by atoms with E-state index in [-0.39, 0.29) is 12.1 Å². The van der Waals surface area contributed by atoms with Crippen molar-refractivity contribution >= 4 is 0 Å². The SMILES string of the molecule is Cc1cnc(C(F)(F)CCC2CCNCC2)cn1. The lowest BCUT2D eigenvalue weighted by atomic mass is 9.91. The summed E-state index contributed by atoms with van der Waals surface area (Å²) in [5, 5.41) is 3.24. The number of piperidine rings is 1. The number of halogens is 2. The Kier molecular flexibility index (Phi) is 4.22. The molecule has 5 heteroatoms.